The van der Waals surface area contributed by atoms with Crippen molar-refractivity contribution in [1.82, 2.24) is 10.6 Å². The van der Waals surface area contributed by atoms with E-state index < -0.39 is 0 Å². The van der Waals surface area contributed by atoms with Crippen molar-refractivity contribution < 1.29 is 9.59 Å². The van der Waals surface area contributed by atoms with E-state index in [-0.39, 0.29) is 11.7 Å². The Morgan fingerprint density at radius 2 is 1.92 bits per heavy atom. The van der Waals surface area contributed by atoms with E-state index in [0.717, 1.165) is 0 Å². The number of rotatable bonds is 6. The van der Waals surface area contributed by atoms with Crippen LogP contribution in [0.25, 0.3) is 0 Å². The molecule has 0 heterocycles. The molecule has 0 aliphatic carbocycles. The minimum atomic E-state index is -0.0602. The fraction of sp³-hybridized carbons (Fsp3) is 0.778. The van der Waals surface area contributed by atoms with Gasteiger partial charge in [-0.15, -0.1) is 0 Å². The largest absolute Gasteiger partial charge is 0.355 e. The molecule has 0 atom stereocenters. The summed E-state index contributed by atoms with van der Waals surface area (Å²) >= 11 is 0. The second-order valence-corrected chi connectivity index (χ2v) is 3.34. The lowest BCUT2D eigenvalue weighted by atomic mass is 10.3. The molecule has 0 saturated heterocycles. The van der Waals surface area contributed by atoms with Crippen molar-refractivity contribution in [3.63, 3.8) is 0 Å². The second kappa shape index (κ2) is 6.60. The molecule has 0 bridgehead atoms. The van der Waals surface area contributed by atoms with Crippen molar-refractivity contribution in [2.24, 2.45) is 0 Å². The average molecular weight is 186 g/mol. The third-order valence-electron chi connectivity index (χ3n) is 1.47. The van der Waals surface area contributed by atoms with Crippen LogP contribution in [0.5, 0.6) is 0 Å². The molecule has 4 heteroatoms. The molecule has 0 aromatic carbocycles. The molecule has 13 heavy (non-hydrogen) atoms. The van der Waals surface area contributed by atoms with Gasteiger partial charge in [-0.25, -0.2) is 0 Å². The Morgan fingerprint density at radius 1 is 1.31 bits per heavy atom. The maximum Gasteiger partial charge on any atom is 0.233 e. The summed E-state index contributed by atoms with van der Waals surface area (Å²) in [6, 6.07) is 0.304. The smallest absolute Gasteiger partial charge is 0.233 e. The van der Waals surface area contributed by atoms with Crippen LogP contribution >= 0.6 is 0 Å². The van der Waals surface area contributed by atoms with E-state index in [2.05, 4.69) is 10.6 Å². The third kappa shape index (κ3) is 9.01. The first-order valence-corrected chi connectivity index (χ1v) is 4.52. The molecule has 0 radical (unpaired) electrons. The van der Waals surface area contributed by atoms with Gasteiger partial charge in [0, 0.05) is 19.0 Å². The molecule has 1 amide bonds. The maximum absolute atomic E-state index is 11.0. The van der Waals surface area contributed by atoms with Crippen LogP contribution in [0.2, 0.25) is 0 Å². The summed E-state index contributed by atoms with van der Waals surface area (Å²) in [7, 11) is 0. The molecule has 0 aromatic rings. The number of nitrogens with one attached hydrogen (secondary N) is 2. The van der Waals surface area contributed by atoms with Crippen LogP contribution in [0.4, 0.5) is 0 Å². The molecule has 76 valence electrons. The zero-order valence-corrected chi connectivity index (χ0v) is 8.52. The Labute approximate surface area is 79.1 Å². The quantitative estimate of drug-likeness (QED) is 0.617. The monoisotopic (exact) mass is 186 g/mol. The molecule has 0 aromatic heterocycles. The van der Waals surface area contributed by atoms with Gasteiger partial charge in [-0.2, -0.15) is 0 Å². The second-order valence-electron chi connectivity index (χ2n) is 3.34. The van der Waals surface area contributed by atoms with Crippen LogP contribution < -0.4 is 10.6 Å². The van der Waals surface area contributed by atoms with Crippen molar-refractivity contribution in [1.29, 1.82) is 0 Å². The summed E-state index contributed by atoms with van der Waals surface area (Å²) in [6.07, 6.45) is 0.410. The SMILES string of the molecule is CC(=O)CCNC(=O)CNC(C)C. The molecular weight excluding hydrogens is 168 g/mol. The van der Waals surface area contributed by atoms with Gasteiger partial charge in [0.05, 0.1) is 6.54 Å². The first-order valence-electron chi connectivity index (χ1n) is 4.52. The van der Waals surface area contributed by atoms with E-state index in [1.807, 2.05) is 13.8 Å². The Balaban J connectivity index is 3.35. The average Bonchev–Trinajstić information content (AvgIpc) is 2.00. The molecule has 0 fully saturated rings. The molecule has 0 rings (SSSR count). The lowest BCUT2D eigenvalue weighted by molar-refractivity contribution is -0.120. The third-order valence-corrected chi connectivity index (χ3v) is 1.47. The van der Waals surface area contributed by atoms with E-state index >= 15 is 0 Å². The number of hydrogen-bond donors (Lipinski definition) is 2. The summed E-state index contributed by atoms with van der Waals surface area (Å²) in [5.41, 5.74) is 0. The van der Waals surface area contributed by atoms with Gasteiger partial charge in [0.2, 0.25) is 5.91 Å². The molecule has 0 aliphatic heterocycles. The zero-order valence-electron chi connectivity index (χ0n) is 8.52. The van der Waals surface area contributed by atoms with Crippen LogP contribution in [0.1, 0.15) is 27.2 Å². The van der Waals surface area contributed by atoms with Crippen LogP contribution in [-0.4, -0.2) is 30.8 Å². The molecular formula is C9H18N2O2. The van der Waals surface area contributed by atoms with Gasteiger partial charge in [-0.3, -0.25) is 9.59 Å². The van der Waals surface area contributed by atoms with Gasteiger partial charge in [0.15, 0.2) is 0 Å². The first-order chi connectivity index (χ1) is 6.02. The minimum Gasteiger partial charge on any atom is -0.355 e. The van der Waals surface area contributed by atoms with Gasteiger partial charge in [-0.05, 0) is 6.92 Å². The Morgan fingerprint density at radius 3 is 2.38 bits per heavy atom. The highest BCUT2D eigenvalue weighted by Gasteiger charge is 2.01. The van der Waals surface area contributed by atoms with Gasteiger partial charge < -0.3 is 10.6 Å². The highest BCUT2D eigenvalue weighted by Crippen LogP contribution is 1.79. The first kappa shape index (κ1) is 12.1. The van der Waals surface area contributed by atoms with Crippen LogP contribution in [0.15, 0.2) is 0 Å². The van der Waals surface area contributed by atoms with Gasteiger partial charge >= 0.3 is 0 Å². The van der Waals surface area contributed by atoms with E-state index in [4.69, 9.17) is 0 Å². The fourth-order valence-electron chi connectivity index (χ4n) is 0.737. The van der Waals surface area contributed by atoms with Crippen molar-refractivity contribution >= 4 is 11.7 Å². The lowest BCUT2D eigenvalue weighted by Crippen LogP contribution is -2.37. The molecule has 4 nitrogen and oxygen atoms in total. The van der Waals surface area contributed by atoms with E-state index in [1.54, 1.807) is 0 Å². The van der Waals surface area contributed by atoms with E-state index in [9.17, 15) is 9.59 Å². The predicted octanol–water partition coefficient (Wildman–Crippen LogP) is 0.0797. The summed E-state index contributed by atoms with van der Waals surface area (Å²) in [6.45, 7) is 6.22. The van der Waals surface area contributed by atoms with Crippen molar-refractivity contribution in [3.05, 3.63) is 0 Å². The highest BCUT2D eigenvalue weighted by atomic mass is 16.2. The summed E-state index contributed by atoms with van der Waals surface area (Å²) in [5.74, 6) is 0.0343. The normalized spacial score (nSPS) is 10.2. The van der Waals surface area contributed by atoms with E-state index in [0.29, 0.717) is 25.6 Å². The predicted molar refractivity (Wildman–Crippen MR) is 51.4 cm³/mol. The van der Waals surface area contributed by atoms with Crippen molar-refractivity contribution in [3.8, 4) is 0 Å². The summed E-state index contributed by atoms with van der Waals surface area (Å²) < 4.78 is 0. The number of carbonyl (C=O) groups excluding carboxylic acids is 2. The van der Waals surface area contributed by atoms with Crippen molar-refractivity contribution in [2.75, 3.05) is 13.1 Å². The minimum absolute atomic E-state index is 0.0602. The highest BCUT2D eigenvalue weighted by molar-refractivity contribution is 5.79. The Kier molecular flexibility index (Phi) is 6.14. The zero-order chi connectivity index (χ0) is 10.3. The number of carbonyl (C=O) groups is 2. The van der Waals surface area contributed by atoms with Gasteiger partial charge in [0.25, 0.3) is 0 Å². The van der Waals surface area contributed by atoms with E-state index in [1.165, 1.54) is 6.92 Å². The topological polar surface area (TPSA) is 58.2 Å². The van der Waals surface area contributed by atoms with Crippen LogP contribution in [0, 0.1) is 0 Å². The Hall–Kier alpha value is -0.900. The van der Waals surface area contributed by atoms with Crippen LogP contribution in [0.3, 0.4) is 0 Å². The standard InChI is InChI=1S/C9H18N2O2/c1-7(2)11-6-9(13)10-5-4-8(3)12/h7,11H,4-6H2,1-3H3,(H,10,13). The Bertz CT molecular complexity index is 178. The van der Waals surface area contributed by atoms with Crippen molar-refractivity contribution in [2.45, 2.75) is 33.2 Å². The van der Waals surface area contributed by atoms with Gasteiger partial charge in [-0.1, -0.05) is 13.8 Å². The number of ketones is 1. The fourth-order valence-corrected chi connectivity index (χ4v) is 0.737. The van der Waals surface area contributed by atoms with Gasteiger partial charge in [0.1, 0.15) is 5.78 Å². The summed E-state index contributed by atoms with van der Waals surface area (Å²) in [5, 5.41) is 5.63. The molecule has 0 spiro atoms. The molecule has 0 unspecified atom stereocenters. The lowest BCUT2D eigenvalue weighted by Gasteiger charge is -2.07. The number of hydrogen-bond acceptors (Lipinski definition) is 3. The maximum atomic E-state index is 11.0. The van der Waals surface area contributed by atoms with Crippen LogP contribution in [-0.2, 0) is 9.59 Å². The molecule has 2 N–H and O–H groups in total. The molecule has 0 aliphatic rings. The number of Topliss-reactive ketones (excluding diaryl/α,β-unsaturated/α-hetero) is 1. The number of amides is 1. The summed E-state index contributed by atoms with van der Waals surface area (Å²) in [4.78, 5) is 21.6. The molecule has 0 saturated carbocycles.